The molecule has 0 fully saturated rings. The molecule has 2 aromatic rings. The van der Waals surface area contributed by atoms with Gasteiger partial charge in [-0.3, -0.25) is 0 Å². The number of halogens is 1. The fourth-order valence-corrected chi connectivity index (χ4v) is 2.56. The molecule has 0 saturated carbocycles. The number of hydrogen-bond donors (Lipinski definition) is 2. The Balaban J connectivity index is 2.39. The van der Waals surface area contributed by atoms with Crippen molar-refractivity contribution in [2.24, 2.45) is 10.9 Å². The lowest BCUT2D eigenvalue weighted by molar-refractivity contribution is 0.318. The van der Waals surface area contributed by atoms with Crippen molar-refractivity contribution in [1.29, 1.82) is 0 Å². The molecule has 21 heavy (non-hydrogen) atoms. The summed E-state index contributed by atoms with van der Waals surface area (Å²) in [5.74, 6) is 0.115. The third kappa shape index (κ3) is 3.76. The van der Waals surface area contributed by atoms with E-state index in [0.717, 1.165) is 28.8 Å². The Kier molecular flexibility index (Phi) is 5.22. The van der Waals surface area contributed by atoms with E-state index in [4.69, 9.17) is 10.9 Å². The zero-order valence-corrected chi connectivity index (χ0v) is 13.4. The lowest BCUT2D eigenvalue weighted by Gasteiger charge is -2.26. The van der Waals surface area contributed by atoms with Gasteiger partial charge in [0.05, 0.1) is 0 Å². The van der Waals surface area contributed by atoms with E-state index in [2.05, 4.69) is 45.0 Å². The molecule has 0 aliphatic rings. The molecule has 0 heterocycles. The van der Waals surface area contributed by atoms with E-state index in [1.807, 2.05) is 36.4 Å². The van der Waals surface area contributed by atoms with Crippen molar-refractivity contribution in [2.75, 3.05) is 11.4 Å². The predicted molar refractivity (Wildman–Crippen MR) is 89.8 cm³/mol. The van der Waals surface area contributed by atoms with Crippen LogP contribution in [0.5, 0.6) is 0 Å². The lowest BCUT2D eigenvalue weighted by Crippen LogP contribution is -2.26. The van der Waals surface area contributed by atoms with Crippen LogP contribution in [0, 0.1) is 0 Å². The van der Waals surface area contributed by atoms with Gasteiger partial charge >= 0.3 is 0 Å². The fourth-order valence-electron chi connectivity index (χ4n) is 2.21. The molecule has 0 aliphatic carbocycles. The Labute approximate surface area is 133 Å². The van der Waals surface area contributed by atoms with E-state index < -0.39 is 0 Å². The highest BCUT2D eigenvalue weighted by atomic mass is 79.9. The number of benzene rings is 2. The summed E-state index contributed by atoms with van der Waals surface area (Å²) in [5, 5.41) is 12.1. The highest BCUT2D eigenvalue weighted by Gasteiger charge is 2.14. The molecule has 0 unspecified atom stereocenters. The minimum Gasteiger partial charge on any atom is -0.409 e. The van der Waals surface area contributed by atoms with Crippen molar-refractivity contribution in [3.8, 4) is 0 Å². The van der Waals surface area contributed by atoms with E-state index >= 15 is 0 Å². The van der Waals surface area contributed by atoms with Gasteiger partial charge in [-0.05, 0) is 30.7 Å². The smallest absolute Gasteiger partial charge is 0.172 e. The molecule has 0 amide bonds. The van der Waals surface area contributed by atoms with Gasteiger partial charge < -0.3 is 15.8 Å². The summed E-state index contributed by atoms with van der Waals surface area (Å²) in [7, 11) is 0. The monoisotopic (exact) mass is 347 g/mol. The normalized spacial score (nSPS) is 11.4. The summed E-state index contributed by atoms with van der Waals surface area (Å²) in [6.45, 7) is 3.66. The van der Waals surface area contributed by atoms with Crippen LogP contribution in [0.1, 0.15) is 18.1 Å². The van der Waals surface area contributed by atoms with Crippen LogP contribution >= 0.6 is 15.9 Å². The van der Waals surface area contributed by atoms with Crippen LogP contribution in [0.15, 0.2) is 58.2 Å². The topological polar surface area (TPSA) is 61.8 Å². The van der Waals surface area contributed by atoms with Gasteiger partial charge in [0, 0.05) is 28.8 Å². The summed E-state index contributed by atoms with van der Waals surface area (Å²) >= 11 is 3.48. The van der Waals surface area contributed by atoms with Gasteiger partial charge in [0.15, 0.2) is 5.84 Å². The molecule has 110 valence electrons. The van der Waals surface area contributed by atoms with E-state index in [1.165, 1.54) is 5.56 Å². The first kappa shape index (κ1) is 15.4. The molecule has 3 N–H and O–H groups in total. The van der Waals surface area contributed by atoms with Crippen molar-refractivity contribution in [3.05, 3.63) is 64.1 Å². The van der Waals surface area contributed by atoms with Crippen LogP contribution in [0.2, 0.25) is 0 Å². The number of nitrogens with zero attached hydrogens (tertiary/aromatic N) is 2. The van der Waals surface area contributed by atoms with Crippen molar-refractivity contribution in [3.63, 3.8) is 0 Å². The molecule has 5 heteroatoms. The Morgan fingerprint density at radius 1 is 1.24 bits per heavy atom. The van der Waals surface area contributed by atoms with E-state index in [1.54, 1.807) is 0 Å². The first-order chi connectivity index (χ1) is 10.2. The third-order valence-electron chi connectivity index (χ3n) is 3.28. The summed E-state index contributed by atoms with van der Waals surface area (Å²) in [6, 6.07) is 15.9. The standard InChI is InChI=1S/C16H18BrN3O/c1-2-20(11-12-6-4-3-5-7-12)15-10-13(17)8-9-14(15)16(18)19-21/h3-10,21H,2,11H2,1H3,(H2,18,19). The van der Waals surface area contributed by atoms with Gasteiger partial charge in [0.2, 0.25) is 0 Å². The Morgan fingerprint density at radius 3 is 2.57 bits per heavy atom. The van der Waals surface area contributed by atoms with Gasteiger partial charge in [-0.1, -0.05) is 51.4 Å². The third-order valence-corrected chi connectivity index (χ3v) is 3.78. The minimum absolute atomic E-state index is 0.115. The molecule has 4 nitrogen and oxygen atoms in total. The van der Waals surface area contributed by atoms with E-state index in [0.29, 0.717) is 0 Å². The maximum atomic E-state index is 8.96. The molecule has 0 bridgehead atoms. The summed E-state index contributed by atoms with van der Waals surface area (Å²) in [4.78, 5) is 2.19. The van der Waals surface area contributed by atoms with Crippen molar-refractivity contribution in [2.45, 2.75) is 13.5 Å². The quantitative estimate of drug-likeness (QED) is 0.376. The molecule has 0 aromatic heterocycles. The number of nitrogens with two attached hydrogens (primary N) is 1. The second kappa shape index (κ2) is 7.13. The summed E-state index contributed by atoms with van der Waals surface area (Å²) < 4.78 is 0.957. The van der Waals surface area contributed by atoms with Gasteiger partial charge in [0.25, 0.3) is 0 Å². The van der Waals surface area contributed by atoms with Gasteiger partial charge in [-0.15, -0.1) is 0 Å². The van der Waals surface area contributed by atoms with Gasteiger partial charge in [0.1, 0.15) is 0 Å². The maximum Gasteiger partial charge on any atom is 0.172 e. The molecular formula is C16H18BrN3O. The summed E-state index contributed by atoms with van der Waals surface area (Å²) in [6.07, 6.45) is 0. The Hall–Kier alpha value is -2.01. The second-order valence-corrected chi connectivity index (χ2v) is 5.56. The zero-order valence-electron chi connectivity index (χ0n) is 11.8. The van der Waals surface area contributed by atoms with E-state index in [9.17, 15) is 0 Å². The van der Waals surface area contributed by atoms with Crippen LogP contribution in [-0.2, 0) is 6.54 Å². The highest BCUT2D eigenvalue weighted by molar-refractivity contribution is 9.10. The molecule has 0 aliphatic heterocycles. The largest absolute Gasteiger partial charge is 0.409 e. The Morgan fingerprint density at radius 2 is 1.95 bits per heavy atom. The maximum absolute atomic E-state index is 8.96. The van der Waals surface area contributed by atoms with Crippen LogP contribution in [-0.4, -0.2) is 17.6 Å². The zero-order chi connectivity index (χ0) is 15.2. The second-order valence-electron chi connectivity index (χ2n) is 4.65. The first-order valence-electron chi connectivity index (χ1n) is 6.72. The molecule has 2 rings (SSSR count). The minimum atomic E-state index is 0.115. The number of rotatable bonds is 5. The van der Waals surface area contributed by atoms with Crippen LogP contribution in [0.4, 0.5) is 5.69 Å². The fraction of sp³-hybridized carbons (Fsp3) is 0.188. The Bertz CT molecular complexity index is 629. The molecule has 0 atom stereocenters. The first-order valence-corrected chi connectivity index (χ1v) is 7.51. The van der Waals surface area contributed by atoms with E-state index in [-0.39, 0.29) is 5.84 Å². The van der Waals surface area contributed by atoms with Crippen LogP contribution in [0.25, 0.3) is 0 Å². The molecule has 2 aromatic carbocycles. The number of hydrogen-bond acceptors (Lipinski definition) is 3. The average molecular weight is 348 g/mol. The summed E-state index contributed by atoms with van der Waals surface area (Å²) in [5.41, 5.74) is 8.66. The molecular weight excluding hydrogens is 330 g/mol. The van der Waals surface area contributed by atoms with Crippen molar-refractivity contribution >= 4 is 27.5 Å². The lowest BCUT2D eigenvalue weighted by atomic mass is 10.1. The highest BCUT2D eigenvalue weighted by Crippen LogP contribution is 2.26. The van der Waals surface area contributed by atoms with Gasteiger partial charge in [-0.2, -0.15) is 0 Å². The average Bonchev–Trinajstić information content (AvgIpc) is 2.52. The molecule has 0 radical (unpaired) electrons. The van der Waals surface area contributed by atoms with Crippen molar-refractivity contribution in [1.82, 2.24) is 0 Å². The van der Waals surface area contributed by atoms with Gasteiger partial charge in [-0.25, -0.2) is 0 Å². The number of anilines is 1. The van der Waals surface area contributed by atoms with Crippen LogP contribution < -0.4 is 10.6 Å². The molecule has 0 spiro atoms. The number of oxime groups is 1. The van der Waals surface area contributed by atoms with Crippen molar-refractivity contribution < 1.29 is 5.21 Å². The SMILES string of the molecule is CCN(Cc1ccccc1)c1cc(Br)ccc1/C(N)=N/O. The molecule has 0 saturated heterocycles. The van der Waals surface area contributed by atoms with Crippen LogP contribution in [0.3, 0.4) is 0 Å². The number of amidine groups is 1. The predicted octanol–water partition coefficient (Wildman–Crippen LogP) is 3.57.